The number of carboxylic acids is 1. The Kier molecular flexibility index (Phi) is 28.2. The van der Waals surface area contributed by atoms with Crippen molar-refractivity contribution in [3.8, 4) is 6.07 Å². The number of thiophene rings is 8. The highest BCUT2D eigenvalue weighted by atomic mass is 35.5. The van der Waals surface area contributed by atoms with Gasteiger partial charge in [0.1, 0.15) is 5.82 Å². The van der Waals surface area contributed by atoms with Gasteiger partial charge in [-0.15, -0.1) is 11.3 Å². The molecule has 0 atom stereocenters. The van der Waals surface area contributed by atoms with E-state index in [1.165, 1.54) is 69.3 Å². The molecule has 0 bridgehead atoms. The average Bonchev–Trinajstić information content (AvgIpc) is 4.02. The highest BCUT2D eigenvalue weighted by Crippen LogP contribution is 2.11. The van der Waals surface area contributed by atoms with Crippen LogP contribution in [0.1, 0.15) is 43.0 Å². The van der Waals surface area contributed by atoms with Gasteiger partial charge in [0.05, 0.1) is 34.9 Å². The van der Waals surface area contributed by atoms with E-state index in [-0.39, 0.29) is 11.8 Å². The van der Waals surface area contributed by atoms with Gasteiger partial charge in [-0.1, -0.05) is 11.6 Å². The van der Waals surface area contributed by atoms with Gasteiger partial charge in [0, 0.05) is 26.9 Å². The third-order valence-corrected chi connectivity index (χ3v) is 11.5. The maximum Gasteiger partial charge on any atom is 0.338 e. The minimum atomic E-state index is -0.855. The van der Waals surface area contributed by atoms with E-state index in [1.54, 1.807) is 96.4 Å². The molecular weight excluding hydrogens is 857 g/mol. The Labute approximate surface area is 353 Å². The van der Waals surface area contributed by atoms with Crippen LogP contribution in [0.25, 0.3) is 0 Å². The number of aryl methyl sites for hydroxylation is 3. The molecule has 0 amide bonds. The smallest absolute Gasteiger partial charge is 0.338 e. The summed E-state index contributed by atoms with van der Waals surface area (Å²) in [7, 11) is 1.38. The summed E-state index contributed by atoms with van der Waals surface area (Å²) in [5, 5.41) is 47.5. The zero-order valence-corrected chi connectivity index (χ0v) is 36.8. The van der Waals surface area contributed by atoms with E-state index in [4.69, 9.17) is 22.0 Å². The molecule has 5 nitrogen and oxygen atoms in total. The third kappa shape index (κ3) is 26.1. The van der Waals surface area contributed by atoms with Crippen LogP contribution >= 0.6 is 102 Å². The Balaban J connectivity index is 0.000000310. The number of nitriles is 1. The lowest BCUT2D eigenvalue weighted by Gasteiger charge is -1.90. The molecule has 8 rings (SSSR count). The Hall–Kier alpha value is -3.75. The number of carbonyl (C=O) groups is 2. The van der Waals surface area contributed by atoms with Crippen LogP contribution in [0.5, 0.6) is 0 Å². The van der Waals surface area contributed by atoms with Gasteiger partial charge in [0.2, 0.25) is 0 Å². The van der Waals surface area contributed by atoms with E-state index in [2.05, 4.69) is 76.0 Å². The number of hydrogen-bond donors (Lipinski definition) is 1. The highest BCUT2D eigenvalue weighted by molar-refractivity contribution is 7.09. The standard InChI is InChI=1S/C6H6O2S.C5H3NS.C5H4O2S.3C5H6S.C4H3ClS.C4H3FS/c1-8-6(7)5-2-3-9-4-5;6-3-5-1-2-7-4-5;6-5(7)4-1-2-8-3-4;3*1-5-2-3-6-4-5;2*5-4-1-2-6-3-4/h2-4H,1H3;1-2,4H;1-3H,(H,6,7);3*2-4H,1H3;2*1-3H. The van der Waals surface area contributed by atoms with Gasteiger partial charge in [-0.25, -0.2) is 14.0 Å². The van der Waals surface area contributed by atoms with Crippen molar-refractivity contribution in [3.05, 3.63) is 179 Å². The summed E-state index contributed by atoms with van der Waals surface area (Å²) < 4.78 is 16.1. The molecule has 0 aromatic carbocycles. The lowest BCUT2D eigenvalue weighted by molar-refractivity contribution is 0.0600. The van der Waals surface area contributed by atoms with Crippen LogP contribution in [0.3, 0.4) is 0 Å². The number of methoxy groups -OCH3 is 1. The number of rotatable bonds is 2. The quantitative estimate of drug-likeness (QED) is 0.175. The summed E-state index contributed by atoms with van der Waals surface area (Å²) in [6.45, 7) is 6.28. The van der Waals surface area contributed by atoms with E-state index in [9.17, 15) is 14.0 Å². The number of carbonyl (C=O) groups excluding carboxylic acids is 1. The van der Waals surface area contributed by atoms with Crippen molar-refractivity contribution in [2.75, 3.05) is 7.11 Å². The van der Waals surface area contributed by atoms with Crippen molar-refractivity contribution in [1.29, 1.82) is 5.26 Å². The zero-order chi connectivity index (χ0) is 39.8. The average molecular weight is 895 g/mol. The lowest BCUT2D eigenvalue weighted by atomic mass is 10.4. The van der Waals surface area contributed by atoms with Crippen molar-refractivity contribution < 1.29 is 23.8 Å². The van der Waals surface area contributed by atoms with Crippen LogP contribution in [0.15, 0.2) is 135 Å². The Morgan fingerprint density at radius 3 is 1.19 bits per heavy atom. The van der Waals surface area contributed by atoms with E-state index in [0.29, 0.717) is 11.1 Å². The maximum absolute atomic E-state index is 11.7. The fourth-order valence-electron chi connectivity index (χ4n) is 2.71. The number of nitrogens with zero attached hydrogens (tertiary/aromatic N) is 1. The highest BCUT2D eigenvalue weighted by Gasteiger charge is 2.02. The fraction of sp³-hybridized carbons (Fsp3) is 0.103. The van der Waals surface area contributed by atoms with Crippen molar-refractivity contribution in [1.82, 2.24) is 0 Å². The maximum atomic E-state index is 11.7. The van der Waals surface area contributed by atoms with Crippen molar-refractivity contribution in [2.24, 2.45) is 0 Å². The molecule has 8 aromatic rings. The van der Waals surface area contributed by atoms with Crippen LogP contribution < -0.4 is 0 Å². The molecule has 0 fully saturated rings. The number of ether oxygens (including phenoxy) is 1. The second kappa shape index (κ2) is 31.6. The zero-order valence-electron chi connectivity index (χ0n) is 29.5. The largest absolute Gasteiger partial charge is 0.478 e. The summed E-state index contributed by atoms with van der Waals surface area (Å²) in [5.74, 6) is -1.26. The minimum Gasteiger partial charge on any atom is -0.478 e. The predicted molar refractivity (Wildman–Crippen MR) is 237 cm³/mol. The SMILES string of the molecule is COC(=O)c1ccsc1.Cc1ccsc1.Cc1ccsc1.Cc1ccsc1.Clc1ccsc1.Fc1ccsc1.N#Cc1ccsc1.O=C(O)c1ccsc1. The van der Waals surface area contributed by atoms with Gasteiger partial charge in [-0.3, -0.25) is 0 Å². The molecule has 54 heavy (non-hydrogen) atoms. The molecule has 8 aromatic heterocycles. The summed E-state index contributed by atoms with van der Waals surface area (Å²) >= 11 is 18.1. The summed E-state index contributed by atoms with van der Waals surface area (Å²) in [6.07, 6.45) is 0. The first-order chi connectivity index (χ1) is 26.0. The molecule has 0 spiro atoms. The van der Waals surface area contributed by atoms with Gasteiger partial charge in [0.25, 0.3) is 0 Å². The summed E-state index contributed by atoms with van der Waals surface area (Å²) in [4.78, 5) is 20.7. The van der Waals surface area contributed by atoms with Gasteiger partial charge in [-0.05, 0) is 145 Å². The molecule has 284 valence electrons. The molecule has 1 N–H and O–H groups in total. The van der Waals surface area contributed by atoms with E-state index in [0.717, 1.165) is 10.6 Å². The van der Waals surface area contributed by atoms with Crippen molar-refractivity contribution >= 4 is 114 Å². The van der Waals surface area contributed by atoms with Crippen molar-refractivity contribution in [2.45, 2.75) is 20.8 Å². The number of esters is 1. The first-order valence-electron chi connectivity index (χ1n) is 15.2. The molecule has 0 radical (unpaired) electrons. The Morgan fingerprint density at radius 1 is 0.593 bits per heavy atom. The number of aromatic carboxylic acids is 1. The molecule has 0 saturated heterocycles. The van der Waals surface area contributed by atoms with Crippen LogP contribution in [-0.4, -0.2) is 24.2 Å². The monoisotopic (exact) mass is 893 g/mol. The van der Waals surface area contributed by atoms with Crippen LogP contribution in [0.4, 0.5) is 4.39 Å². The number of hydrogen-bond acceptors (Lipinski definition) is 12. The first kappa shape index (κ1) is 48.3. The first-order valence-corrected chi connectivity index (χ1v) is 23.1. The molecular formula is C39H37ClFNO4S8. The Morgan fingerprint density at radius 2 is 1.00 bits per heavy atom. The van der Waals surface area contributed by atoms with Crippen molar-refractivity contribution in [3.63, 3.8) is 0 Å². The fourth-order valence-corrected chi connectivity index (χ4v) is 7.84. The predicted octanol–water partition coefficient (Wildman–Crippen LogP) is 15.1. The van der Waals surface area contributed by atoms with Crippen LogP contribution in [-0.2, 0) is 4.74 Å². The molecule has 0 aliphatic rings. The second-order valence-electron chi connectivity index (χ2n) is 9.73. The molecule has 15 heteroatoms. The molecule has 0 unspecified atom stereocenters. The van der Waals surface area contributed by atoms with E-state index < -0.39 is 5.97 Å². The van der Waals surface area contributed by atoms with Gasteiger partial charge < -0.3 is 9.84 Å². The minimum absolute atomic E-state index is 0.139. The summed E-state index contributed by atoms with van der Waals surface area (Å²) in [5.41, 5.74) is 5.84. The third-order valence-electron chi connectivity index (χ3n) is 5.32. The number of halogens is 2. The summed E-state index contributed by atoms with van der Waals surface area (Å²) in [6, 6.07) is 16.7. The molecule has 0 aliphatic carbocycles. The molecule has 0 aliphatic heterocycles. The van der Waals surface area contributed by atoms with Crippen LogP contribution in [0, 0.1) is 37.9 Å². The van der Waals surface area contributed by atoms with Crippen LogP contribution in [0.2, 0.25) is 5.02 Å². The van der Waals surface area contributed by atoms with Gasteiger partial charge in [-0.2, -0.15) is 84.6 Å². The van der Waals surface area contributed by atoms with Gasteiger partial charge in [0.15, 0.2) is 0 Å². The Bertz CT molecular complexity index is 1800. The lowest BCUT2D eigenvalue weighted by Crippen LogP contribution is -1.97. The number of carboxylic acid groups (broad SMARTS) is 1. The van der Waals surface area contributed by atoms with Gasteiger partial charge >= 0.3 is 11.9 Å². The molecule has 8 heterocycles. The van der Waals surface area contributed by atoms with E-state index >= 15 is 0 Å². The van der Waals surface area contributed by atoms with E-state index in [1.807, 2.05) is 39.0 Å². The normalized spacial score (nSPS) is 8.76. The molecule has 0 saturated carbocycles. The second-order valence-corrected chi connectivity index (χ2v) is 16.4. The topological polar surface area (TPSA) is 87.4 Å².